The van der Waals surface area contributed by atoms with Gasteiger partial charge in [-0.15, -0.1) is 11.3 Å². The number of piperazine rings is 1. The topological polar surface area (TPSA) is 190 Å². The number of benzene rings is 2. The number of pyridine rings is 1. The molecule has 1 aliphatic carbocycles. The van der Waals surface area contributed by atoms with Crippen molar-refractivity contribution in [2.24, 2.45) is 22.2 Å². The summed E-state index contributed by atoms with van der Waals surface area (Å²) in [5.41, 5.74) is 1.80. The molecule has 392 valence electrons. The number of aryl methyl sites for hydroxylation is 1. The molecule has 2 aromatic carbocycles. The number of ketones is 1. The molecule has 0 radical (unpaired) electrons. The van der Waals surface area contributed by atoms with Gasteiger partial charge in [0.15, 0.2) is 5.78 Å². The monoisotopic (exact) mass is 1030 g/mol. The number of hydrogen-bond acceptors (Lipinski definition) is 13. The number of likely N-dealkylation sites (tertiary alicyclic amines) is 1. The molecule has 2 aromatic heterocycles. The molecule has 3 N–H and O–H groups in total. The first-order valence-corrected chi connectivity index (χ1v) is 25.6. The van der Waals surface area contributed by atoms with Crippen molar-refractivity contribution in [3.8, 4) is 22.3 Å². The minimum absolute atomic E-state index is 0.0183. The number of carbonyl (C=O) groups is 4. The van der Waals surface area contributed by atoms with Crippen molar-refractivity contribution >= 4 is 40.7 Å². The number of thiazole rings is 1. The van der Waals surface area contributed by atoms with Gasteiger partial charge in [0.05, 0.1) is 52.0 Å². The molecule has 0 bridgehead atoms. The van der Waals surface area contributed by atoms with Crippen LogP contribution in [0.1, 0.15) is 107 Å². The second-order valence-corrected chi connectivity index (χ2v) is 22.7. The lowest BCUT2D eigenvalue weighted by molar-refractivity contribution is -0.196. The van der Waals surface area contributed by atoms with Crippen molar-refractivity contribution in [3.63, 3.8) is 0 Å². The number of aliphatic hydroxyl groups excluding tert-OH is 1. The van der Waals surface area contributed by atoms with Gasteiger partial charge in [0.1, 0.15) is 36.4 Å². The minimum Gasteiger partial charge on any atom is -0.489 e. The number of β-amino-alcohol motifs (C(OH)–C–C–N with tert-alkyl or cyclic N) is 1. The van der Waals surface area contributed by atoms with Crippen LogP contribution in [0.4, 0.5) is 19.0 Å². The largest absolute Gasteiger partial charge is 0.489 e. The Balaban J connectivity index is 0.836. The number of nitrogens with zero attached hydrogens (tertiary/aromatic N) is 6. The lowest BCUT2D eigenvalue weighted by Gasteiger charge is -2.63. The molecule has 3 fully saturated rings. The van der Waals surface area contributed by atoms with Crippen molar-refractivity contribution in [2.45, 2.75) is 112 Å². The summed E-state index contributed by atoms with van der Waals surface area (Å²) in [6.07, 6.45) is -4.23. The molecule has 19 heteroatoms. The summed E-state index contributed by atoms with van der Waals surface area (Å²) in [4.78, 5) is 70.5. The molecule has 2 aliphatic heterocycles. The van der Waals surface area contributed by atoms with E-state index in [1.807, 2.05) is 92.6 Å². The average Bonchev–Trinajstić information content (AvgIpc) is 3.97. The average molecular weight is 1030 g/mol. The Morgan fingerprint density at radius 3 is 2.23 bits per heavy atom. The molecule has 7 rings (SSSR count). The SMILES string of the molecule is Cc1ncsc1-c1ccc([C@H](C)NC(=O)[C@@H]2C[C@@H](O)CN2C(=O)[C@@H](NC(=O)COCCN2CCN(c3ccc(C(=O)CC4C(C)(C)C(Oc5ccc(C#N)c(C(F)(F)F)c5)C4(C)C)cn3)CC2)C(C)(C)C)cc1. The maximum absolute atomic E-state index is 14.1. The van der Waals surface area contributed by atoms with Gasteiger partial charge in [-0.1, -0.05) is 72.7 Å². The molecule has 4 heterocycles. The second-order valence-electron chi connectivity index (χ2n) is 21.8. The zero-order valence-corrected chi connectivity index (χ0v) is 43.8. The fourth-order valence-electron chi connectivity index (χ4n) is 10.9. The lowest BCUT2D eigenvalue weighted by atomic mass is 9.44. The molecule has 15 nitrogen and oxygen atoms in total. The van der Waals surface area contributed by atoms with Gasteiger partial charge in [-0.3, -0.25) is 24.1 Å². The Hall–Kier alpha value is -5.94. The summed E-state index contributed by atoms with van der Waals surface area (Å²) in [5, 5.41) is 25.7. The minimum atomic E-state index is -4.71. The standard InChI is InChI=1S/C54H67F3N8O7S/c1-32(34-10-12-35(13-11-34)46-33(2)60-31-73-46)61-48(69)41-24-38(66)29-65(41)49(70)47(51(3,4)5)62-45(68)30-71-23-22-63-18-20-64(21-19-63)44-17-15-37(28-59-44)42(67)26-43-52(6,7)50(53(43,8)9)72-39-16-14-36(27-58)40(25-39)54(55,56)57/h10-17,25,28,31-32,38,41,43,47,50,66H,18-24,26,29-30H2,1-9H3,(H,61,69)(H,62,68)/t32-,38+,41-,43?,47+,50?/m0/s1. The number of hydrogen-bond donors (Lipinski definition) is 3. The third kappa shape index (κ3) is 12.4. The Labute approximate surface area is 429 Å². The molecule has 2 saturated heterocycles. The first-order chi connectivity index (χ1) is 34.3. The number of ether oxygens (including phenoxy) is 2. The van der Waals surface area contributed by atoms with E-state index in [0.717, 1.165) is 39.6 Å². The van der Waals surface area contributed by atoms with E-state index in [9.17, 15) is 42.7 Å². The van der Waals surface area contributed by atoms with Crippen LogP contribution in [0, 0.1) is 40.4 Å². The van der Waals surface area contributed by atoms with Crippen molar-refractivity contribution in [1.82, 2.24) is 30.4 Å². The third-order valence-corrected chi connectivity index (χ3v) is 15.8. The number of nitrogens with one attached hydrogen (secondary N) is 2. The molecular formula is C54H67F3N8O7S. The molecule has 1 saturated carbocycles. The van der Waals surface area contributed by atoms with Gasteiger partial charge in [-0.25, -0.2) is 9.97 Å². The number of alkyl halides is 3. The number of rotatable bonds is 17. The highest BCUT2D eigenvalue weighted by Gasteiger charge is 2.63. The number of nitriles is 1. The van der Waals surface area contributed by atoms with Gasteiger partial charge in [-0.05, 0) is 66.6 Å². The van der Waals surface area contributed by atoms with Gasteiger partial charge in [0.25, 0.3) is 0 Å². The second kappa shape index (κ2) is 21.9. The summed E-state index contributed by atoms with van der Waals surface area (Å²) in [6.45, 7) is 20.4. The highest BCUT2D eigenvalue weighted by atomic mass is 32.1. The molecule has 0 unspecified atom stereocenters. The highest BCUT2D eigenvalue weighted by Crippen LogP contribution is 2.62. The van der Waals surface area contributed by atoms with Gasteiger partial charge in [0.2, 0.25) is 17.7 Å². The summed E-state index contributed by atoms with van der Waals surface area (Å²) < 4.78 is 52.9. The number of Topliss-reactive ketones (excluding diaryl/α,β-unsaturated/α-hetero) is 1. The molecule has 0 spiro atoms. The number of halogens is 3. The summed E-state index contributed by atoms with van der Waals surface area (Å²) in [5.74, 6) is -0.782. The van der Waals surface area contributed by atoms with Crippen molar-refractivity contribution in [2.75, 3.05) is 57.4 Å². The predicted molar refractivity (Wildman–Crippen MR) is 271 cm³/mol. The van der Waals surface area contributed by atoms with E-state index < -0.39 is 69.7 Å². The summed E-state index contributed by atoms with van der Waals surface area (Å²) >= 11 is 1.56. The quantitative estimate of drug-likeness (QED) is 0.0694. The van der Waals surface area contributed by atoms with E-state index in [1.54, 1.807) is 35.2 Å². The highest BCUT2D eigenvalue weighted by molar-refractivity contribution is 7.13. The smallest absolute Gasteiger partial charge is 0.417 e. The maximum atomic E-state index is 14.1. The van der Waals surface area contributed by atoms with Crippen LogP contribution in [0.5, 0.6) is 5.75 Å². The molecule has 73 heavy (non-hydrogen) atoms. The van der Waals surface area contributed by atoms with E-state index in [4.69, 9.17) is 9.47 Å². The van der Waals surface area contributed by atoms with Gasteiger partial charge >= 0.3 is 6.18 Å². The molecule has 3 aliphatic rings. The van der Waals surface area contributed by atoms with Crippen LogP contribution >= 0.6 is 11.3 Å². The van der Waals surface area contributed by atoms with Crippen LogP contribution in [0.25, 0.3) is 10.4 Å². The Kier molecular flexibility index (Phi) is 16.4. The number of aliphatic hydroxyl groups is 1. The van der Waals surface area contributed by atoms with Crippen LogP contribution in [-0.4, -0.2) is 125 Å². The van der Waals surface area contributed by atoms with E-state index in [1.165, 1.54) is 11.0 Å². The van der Waals surface area contributed by atoms with Crippen LogP contribution < -0.4 is 20.3 Å². The van der Waals surface area contributed by atoms with Gasteiger partial charge in [-0.2, -0.15) is 18.4 Å². The number of aromatic nitrogens is 2. The first-order valence-electron chi connectivity index (χ1n) is 24.7. The van der Waals surface area contributed by atoms with E-state index in [0.29, 0.717) is 38.3 Å². The summed E-state index contributed by atoms with van der Waals surface area (Å²) in [7, 11) is 0. The van der Waals surface area contributed by atoms with Crippen molar-refractivity contribution in [1.29, 1.82) is 5.26 Å². The fraction of sp³-hybridized carbons (Fsp3) is 0.537. The number of anilines is 1. The van der Waals surface area contributed by atoms with Crippen molar-refractivity contribution < 1.29 is 46.9 Å². The number of carbonyl (C=O) groups excluding carboxylic acids is 4. The fourth-order valence-corrected chi connectivity index (χ4v) is 11.7. The molecule has 3 amide bonds. The normalized spacial score (nSPS) is 21.6. The number of amides is 3. The maximum Gasteiger partial charge on any atom is 0.417 e. The Morgan fingerprint density at radius 1 is 0.959 bits per heavy atom. The molecule has 4 aromatic rings. The third-order valence-electron chi connectivity index (χ3n) is 14.8. The van der Waals surface area contributed by atoms with E-state index in [-0.39, 0.29) is 62.0 Å². The summed E-state index contributed by atoms with van der Waals surface area (Å²) in [6, 6.07) is 14.2. The van der Waals surface area contributed by atoms with Crippen LogP contribution in [-0.2, 0) is 25.3 Å². The molecule has 4 atom stereocenters. The van der Waals surface area contributed by atoms with Crippen molar-refractivity contribution in [3.05, 3.63) is 94.3 Å². The van der Waals surface area contributed by atoms with Crippen LogP contribution in [0.15, 0.2) is 66.3 Å². The lowest BCUT2D eigenvalue weighted by Crippen LogP contribution is -2.66. The Bertz CT molecular complexity index is 2660. The van der Waals surface area contributed by atoms with E-state index >= 15 is 0 Å². The molecular weight excluding hydrogens is 962 g/mol. The zero-order valence-electron chi connectivity index (χ0n) is 43.0. The first kappa shape index (κ1) is 54.8. The van der Waals surface area contributed by atoms with E-state index in [2.05, 4.69) is 30.4 Å². The zero-order chi connectivity index (χ0) is 53.2. The van der Waals surface area contributed by atoms with Gasteiger partial charge < -0.3 is 35.0 Å². The van der Waals surface area contributed by atoms with Crippen LogP contribution in [0.2, 0.25) is 0 Å². The van der Waals surface area contributed by atoms with Crippen LogP contribution in [0.3, 0.4) is 0 Å². The predicted octanol–water partition coefficient (Wildman–Crippen LogP) is 7.62. The Morgan fingerprint density at radius 2 is 1.64 bits per heavy atom. The van der Waals surface area contributed by atoms with Gasteiger partial charge in [0, 0.05) is 74.7 Å².